The molecule has 1 N–H and O–H groups in total. The van der Waals surface area contributed by atoms with Crippen LogP contribution in [0.4, 0.5) is 0 Å². The average molecular weight is 414 g/mol. The standard InChI is InChI=1S/C23H22N6O2/c1-15(2)17-5-8-19-20(13-17)24-26-22(19)21-14-29(27-25-21)18-6-3-16(4-7-18)23(30)28-9-11-31-12-10-28/h3-8,13-14H,1,9-12H2,2H3,(H,24,26). The number of amides is 1. The maximum atomic E-state index is 12.6. The molecule has 1 fully saturated rings. The molecule has 0 atom stereocenters. The van der Waals surface area contributed by atoms with Crippen molar-refractivity contribution in [3.63, 3.8) is 0 Å². The molecule has 1 amide bonds. The predicted octanol–water partition coefficient (Wildman–Crippen LogP) is 3.32. The quantitative estimate of drug-likeness (QED) is 0.553. The van der Waals surface area contributed by atoms with E-state index in [1.165, 1.54) is 0 Å². The number of nitrogens with one attached hydrogen (secondary N) is 1. The third-order valence-electron chi connectivity index (χ3n) is 5.47. The van der Waals surface area contributed by atoms with Crippen molar-refractivity contribution in [2.24, 2.45) is 0 Å². The fourth-order valence-corrected chi connectivity index (χ4v) is 3.68. The van der Waals surface area contributed by atoms with Crippen LogP contribution in [-0.2, 0) is 4.74 Å². The van der Waals surface area contributed by atoms with Crippen molar-refractivity contribution in [1.82, 2.24) is 30.1 Å². The largest absolute Gasteiger partial charge is 0.378 e. The van der Waals surface area contributed by atoms with Crippen molar-refractivity contribution in [3.05, 3.63) is 66.4 Å². The summed E-state index contributed by atoms with van der Waals surface area (Å²) in [5.41, 5.74) is 5.88. The Morgan fingerprint density at radius 3 is 2.58 bits per heavy atom. The van der Waals surface area contributed by atoms with E-state index >= 15 is 0 Å². The summed E-state index contributed by atoms with van der Waals surface area (Å²) in [5, 5.41) is 17.0. The molecule has 5 rings (SSSR count). The van der Waals surface area contributed by atoms with Crippen LogP contribution in [0, 0.1) is 0 Å². The minimum absolute atomic E-state index is 0.0197. The molecule has 3 heterocycles. The zero-order valence-electron chi connectivity index (χ0n) is 17.2. The summed E-state index contributed by atoms with van der Waals surface area (Å²) in [6.07, 6.45) is 1.83. The molecular formula is C23H22N6O2. The van der Waals surface area contributed by atoms with E-state index in [4.69, 9.17) is 4.74 Å². The molecule has 31 heavy (non-hydrogen) atoms. The molecule has 0 bridgehead atoms. The van der Waals surface area contributed by atoms with Crippen LogP contribution in [0.15, 0.2) is 55.2 Å². The molecule has 0 spiro atoms. The summed E-state index contributed by atoms with van der Waals surface area (Å²) >= 11 is 0. The molecule has 0 radical (unpaired) electrons. The Morgan fingerprint density at radius 1 is 1.10 bits per heavy atom. The van der Waals surface area contributed by atoms with E-state index in [1.807, 2.05) is 60.5 Å². The first-order valence-electron chi connectivity index (χ1n) is 10.1. The first-order valence-corrected chi connectivity index (χ1v) is 10.1. The van der Waals surface area contributed by atoms with Crippen molar-refractivity contribution in [2.45, 2.75) is 6.92 Å². The fourth-order valence-electron chi connectivity index (χ4n) is 3.68. The molecule has 2 aromatic carbocycles. The van der Waals surface area contributed by atoms with E-state index in [2.05, 4.69) is 27.1 Å². The van der Waals surface area contributed by atoms with Gasteiger partial charge in [0.25, 0.3) is 5.91 Å². The molecule has 0 unspecified atom stereocenters. The van der Waals surface area contributed by atoms with Crippen molar-refractivity contribution in [3.8, 4) is 17.1 Å². The maximum Gasteiger partial charge on any atom is 0.254 e. The first-order chi connectivity index (χ1) is 15.1. The minimum atomic E-state index is 0.0197. The van der Waals surface area contributed by atoms with Crippen LogP contribution in [0.3, 0.4) is 0 Å². The van der Waals surface area contributed by atoms with Gasteiger partial charge in [-0.2, -0.15) is 5.10 Å². The molecule has 8 heteroatoms. The Kier molecular flexibility index (Phi) is 4.83. The van der Waals surface area contributed by atoms with Crippen LogP contribution in [0.25, 0.3) is 33.6 Å². The Morgan fingerprint density at radius 2 is 1.84 bits per heavy atom. The number of carbonyl (C=O) groups excluding carboxylic acids is 1. The van der Waals surface area contributed by atoms with Gasteiger partial charge in [0.1, 0.15) is 11.4 Å². The molecule has 0 aliphatic carbocycles. The van der Waals surface area contributed by atoms with Crippen molar-refractivity contribution < 1.29 is 9.53 Å². The molecule has 0 saturated carbocycles. The summed E-state index contributed by atoms with van der Waals surface area (Å²) in [6.45, 7) is 8.38. The number of aromatic amines is 1. The van der Waals surface area contributed by atoms with Crippen LogP contribution >= 0.6 is 0 Å². The highest BCUT2D eigenvalue weighted by Gasteiger charge is 2.19. The van der Waals surface area contributed by atoms with Crippen molar-refractivity contribution in [2.75, 3.05) is 26.3 Å². The lowest BCUT2D eigenvalue weighted by atomic mass is 10.1. The average Bonchev–Trinajstić information content (AvgIpc) is 3.46. The summed E-state index contributed by atoms with van der Waals surface area (Å²) in [7, 11) is 0. The van der Waals surface area contributed by atoms with E-state index in [0.717, 1.165) is 33.4 Å². The molecule has 1 aliphatic heterocycles. The smallest absolute Gasteiger partial charge is 0.254 e. The molecule has 8 nitrogen and oxygen atoms in total. The van der Waals surface area contributed by atoms with Crippen molar-refractivity contribution in [1.29, 1.82) is 0 Å². The minimum Gasteiger partial charge on any atom is -0.378 e. The second kappa shape index (κ2) is 7.81. The highest BCUT2D eigenvalue weighted by molar-refractivity contribution is 5.95. The van der Waals surface area contributed by atoms with Crippen LogP contribution in [0.5, 0.6) is 0 Å². The number of aromatic nitrogens is 5. The van der Waals surface area contributed by atoms with Crippen LogP contribution in [-0.4, -0.2) is 62.3 Å². The number of fused-ring (bicyclic) bond motifs is 1. The van der Waals surface area contributed by atoms with Gasteiger partial charge in [-0.15, -0.1) is 5.10 Å². The molecule has 1 aliphatic rings. The zero-order valence-corrected chi connectivity index (χ0v) is 17.2. The Bertz CT molecular complexity index is 1260. The second-order valence-corrected chi connectivity index (χ2v) is 7.61. The van der Waals surface area contributed by atoms with Gasteiger partial charge < -0.3 is 9.64 Å². The number of hydrogen-bond acceptors (Lipinski definition) is 5. The molecule has 2 aromatic heterocycles. The van der Waals surface area contributed by atoms with Gasteiger partial charge >= 0.3 is 0 Å². The van der Waals surface area contributed by atoms with Crippen LogP contribution in [0.1, 0.15) is 22.8 Å². The van der Waals surface area contributed by atoms with E-state index in [9.17, 15) is 4.79 Å². The van der Waals surface area contributed by atoms with E-state index in [-0.39, 0.29) is 5.91 Å². The van der Waals surface area contributed by atoms with E-state index in [1.54, 1.807) is 4.68 Å². The van der Waals surface area contributed by atoms with Gasteiger partial charge in [0.15, 0.2) is 0 Å². The number of ether oxygens (including phenoxy) is 1. The van der Waals surface area contributed by atoms with Crippen LogP contribution in [0.2, 0.25) is 0 Å². The van der Waals surface area contributed by atoms with Gasteiger partial charge in [0.2, 0.25) is 0 Å². The number of rotatable bonds is 4. The first kappa shape index (κ1) is 19.2. The lowest BCUT2D eigenvalue weighted by Crippen LogP contribution is -2.40. The Labute approximate surface area is 179 Å². The third-order valence-corrected chi connectivity index (χ3v) is 5.47. The van der Waals surface area contributed by atoms with E-state index < -0.39 is 0 Å². The number of H-pyrrole nitrogens is 1. The predicted molar refractivity (Wildman–Crippen MR) is 118 cm³/mol. The molecular weight excluding hydrogens is 392 g/mol. The normalized spacial score (nSPS) is 14.2. The third kappa shape index (κ3) is 3.62. The van der Waals surface area contributed by atoms with Gasteiger partial charge in [-0.1, -0.05) is 23.4 Å². The monoisotopic (exact) mass is 414 g/mol. The highest BCUT2D eigenvalue weighted by Crippen LogP contribution is 2.27. The summed E-state index contributed by atoms with van der Waals surface area (Å²) in [5.74, 6) is 0.0197. The zero-order chi connectivity index (χ0) is 21.4. The van der Waals surface area contributed by atoms with Crippen LogP contribution < -0.4 is 0 Å². The summed E-state index contributed by atoms with van der Waals surface area (Å²) in [6, 6.07) is 13.4. The number of carbonyl (C=O) groups is 1. The number of hydrogen-bond donors (Lipinski definition) is 1. The Balaban J connectivity index is 1.39. The molecule has 156 valence electrons. The SMILES string of the molecule is C=C(C)c1ccc2c(-c3cn(-c4ccc(C(=O)N5CCOCC5)cc4)nn3)n[nH]c2c1. The number of allylic oxidation sites excluding steroid dienone is 1. The Hall–Kier alpha value is -3.78. The molecule has 1 saturated heterocycles. The maximum absolute atomic E-state index is 12.6. The van der Waals surface area contributed by atoms with Gasteiger partial charge in [0, 0.05) is 24.0 Å². The van der Waals surface area contributed by atoms with Gasteiger partial charge in [-0.3, -0.25) is 9.89 Å². The van der Waals surface area contributed by atoms with Gasteiger partial charge in [0.05, 0.1) is 30.6 Å². The lowest BCUT2D eigenvalue weighted by Gasteiger charge is -2.26. The fraction of sp³-hybridized carbons (Fsp3) is 0.217. The lowest BCUT2D eigenvalue weighted by molar-refractivity contribution is 0.0303. The van der Waals surface area contributed by atoms with E-state index in [0.29, 0.717) is 37.6 Å². The topological polar surface area (TPSA) is 88.9 Å². The number of nitrogens with zero attached hydrogens (tertiary/aromatic N) is 5. The molecule has 4 aromatic rings. The van der Waals surface area contributed by atoms with Gasteiger partial charge in [-0.05, 0) is 48.9 Å². The van der Waals surface area contributed by atoms with Crippen molar-refractivity contribution >= 4 is 22.4 Å². The van der Waals surface area contributed by atoms with Gasteiger partial charge in [-0.25, -0.2) is 4.68 Å². The summed E-state index contributed by atoms with van der Waals surface area (Å²) in [4.78, 5) is 14.4. The second-order valence-electron chi connectivity index (χ2n) is 7.61. The number of morpholine rings is 1. The number of benzene rings is 2. The summed E-state index contributed by atoms with van der Waals surface area (Å²) < 4.78 is 7.00. The highest BCUT2D eigenvalue weighted by atomic mass is 16.5.